The lowest BCUT2D eigenvalue weighted by Crippen LogP contribution is -2.26. The minimum Gasteiger partial charge on any atom is -0.872 e. The Kier molecular flexibility index (Phi) is 2.64. The summed E-state index contributed by atoms with van der Waals surface area (Å²) in [6.45, 7) is 0. The molecule has 1 aliphatic carbocycles. The molecule has 0 saturated heterocycles. The van der Waals surface area contributed by atoms with E-state index in [0.29, 0.717) is 6.07 Å². The maximum atomic E-state index is 13.3. The quantitative estimate of drug-likeness (QED) is 0.724. The van der Waals surface area contributed by atoms with Crippen molar-refractivity contribution in [2.75, 3.05) is 0 Å². The summed E-state index contributed by atoms with van der Waals surface area (Å²) in [6.07, 6.45) is -5.91. The Bertz CT molecular complexity index is 572. The number of carbonyl (C=O) groups excluding carboxylic acids is 1. The minimum atomic E-state index is -5.21. The van der Waals surface area contributed by atoms with E-state index in [-0.39, 0.29) is 5.56 Å². The van der Waals surface area contributed by atoms with Crippen LogP contribution in [0.4, 0.5) is 22.0 Å². The SMILES string of the molecule is O=C(C1=C([O-])c2c(F)cc(F)cc2C1)C(F)(F)F. The van der Waals surface area contributed by atoms with Crippen molar-refractivity contribution >= 4 is 11.5 Å². The number of hydrogen-bond donors (Lipinski definition) is 0. The molecule has 2 nitrogen and oxygen atoms in total. The van der Waals surface area contributed by atoms with E-state index in [1.807, 2.05) is 0 Å². The van der Waals surface area contributed by atoms with Crippen molar-refractivity contribution in [3.63, 3.8) is 0 Å². The van der Waals surface area contributed by atoms with Crippen LogP contribution in [0.3, 0.4) is 0 Å². The predicted molar refractivity (Wildman–Crippen MR) is 48.0 cm³/mol. The van der Waals surface area contributed by atoms with E-state index in [4.69, 9.17) is 0 Å². The van der Waals surface area contributed by atoms with Crippen LogP contribution in [-0.2, 0) is 11.2 Å². The number of rotatable bonds is 1. The van der Waals surface area contributed by atoms with E-state index in [0.717, 1.165) is 6.07 Å². The van der Waals surface area contributed by atoms with Gasteiger partial charge in [-0.3, -0.25) is 4.79 Å². The van der Waals surface area contributed by atoms with E-state index in [2.05, 4.69) is 0 Å². The number of fused-ring (bicyclic) bond motifs is 1. The fourth-order valence-electron chi connectivity index (χ4n) is 1.80. The monoisotopic (exact) mass is 263 g/mol. The summed E-state index contributed by atoms with van der Waals surface area (Å²) >= 11 is 0. The molecule has 0 aromatic heterocycles. The minimum absolute atomic E-state index is 0.245. The molecule has 1 aromatic carbocycles. The van der Waals surface area contributed by atoms with Gasteiger partial charge in [-0.25, -0.2) is 8.78 Å². The molecule has 0 spiro atoms. The summed E-state index contributed by atoms with van der Waals surface area (Å²) < 4.78 is 62.7. The van der Waals surface area contributed by atoms with Crippen molar-refractivity contribution < 1.29 is 31.9 Å². The number of benzene rings is 1. The van der Waals surface area contributed by atoms with Gasteiger partial charge in [-0.1, -0.05) is 5.76 Å². The number of ketones is 1. The fraction of sp³-hybridized carbons (Fsp3) is 0.182. The second-order valence-corrected chi connectivity index (χ2v) is 3.73. The van der Waals surface area contributed by atoms with Crippen molar-refractivity contribution in [3.05, 3.63) is 40.5 Å². The lowest BCUT2D eigenvalue weighted by molar-refractivity contribution is -0.245. The van der Waals surface area contributed by atoms with Crippen LogP contribution in [0.5, 0.6) is 0 Å². The Morgan fingerprint density at radius 3 is 2.39 bits per heavy atom. The Morgan fingerprint density at radius 1 is 1.22 bits per heavy atom. The third-order valence-electron chi connectivity index (χ3n) is 2.54. The molecule has 0 unspecified atom stereocenters. The molecule has 0 atom stereocenters. The molecule has 0 radical (unpaired) electrons. The van der Waals surface area contributed by atoms with Crippen molar-refractivity contribution in [3.8, 4) is 0 Å². The van der Waals surface area contributed by atoms with Crippen LogP contribution in [0.2, 0.25) is 0 Å². The number of Topliss-reactive ketones (excluding diaryl/α,β-unsaturated/α-hetero) is 1. The molecule has 0 aliphatic heterocycles. The highest BCUT2D eigenvalue weighted by molar-refractivity contribution is 6.06. The van der Waals surface area contributed by atoms with Crippen LogP contribution in [-0.4, -0.2) is 12.0 Å². The van der Waals surface area contributed by atoms with Crippen LogP contribution >= 0.6 is 0 Å². The van der Waals surface area contributed by atoms with Crippen LogP contribution in [0.1, 0.15) is 11.1 Å². The lowest BCUT2D eigenvalue weighted by atomic mass is 10.1. The number of carbonyl (C=O) groups is 1. The van der Waals surface area contributed by atoms with Gasteiger partial charge in [-0.15, -0.1) is 0 Å². The third-order valence-corrected chi connectivity index (χ3v) is 2.54. The van der Waals surface area contributed by atoms with E-state index < -0.39 is 46.9 Å². The normalized spacial score (nSPS) is 14.9. The fourth-order valence-corrected chi connectivity index (χ4v) is 1.80. The van der Waals surface area contributed by atoms with Gasteiger partial charge in [0.15, 0.2) is 0 Å². The maximum absolute atomic E-state index is 13.3. The molecule has 1 aliphatic rings. The molecular formula is C11H4F5O2-. The van der Waals surface area contributed by atoms with Gasteiger partial charge in [0.05, 0.1) is 0 Å². The third kappa shape index (κ3) is 1.85. The van der Waals surface area contributed by atoms with Crippen molar-refractivity contribution in [1.29, 1.82) is 0 Å². The maximum Gasteiger partial charge on any atom is 0.454 e. The zero-order valence-corrected chi connectivity index (χ0v) is 8.57. The van der Waals surface area contributed by atoms with E-state index in [1.165, 1.54) is 0 Å². The van der Waals surface area contributed by atoms with Crippen LogP contribution in [0.15, 0.2) is 17.7 Å². The predicted octanol–water partition coefficient (Wildman–Crippen LogP) is 1.72. The Balaban J connectivity index is 2.52. The highest BCUT2D eigenvalue weighted by atomic mass is 19.4. The first-order valence-electron chi connectivity index (χ1n) is 4.71. The van der Waals surface area contributed by atoms with Gasteiger partial charge in [-0.2, -0.15) is 13.2 Å². The topological polar surface area (TPSA) is 40.1 Å². The zero-order valence-electron chi connectivity index (χ0n) is 8.57. The second kappa shape index (κ2) is 3.79. The van der Waals surface area contributed by atoms with Gasteiger partial charge in [0, 0.05) is 23.6 Å². The molecule has 2 rings (SSSR count). The summed E-state index contributed by atoms with van der Waals surface area (Å²) in [5.41, 5.74) is -1.99. The summed E-state index contributed by atoms with van der Waals surface area (Å²) in [4.78, 5) is 10.9. The largest absolute Gasteiger partial charge is 0.872 e. The Labute approximate surface area is 97.3 Å². The van der Waals surface area contributed by atoms with Crippen molar-refractivity contribution in [2.24, 2.45) is 0 Å². The van der Waals surface area contributed by atoms with E-state index >= 15 is 0 Å². The highest BCUT2D eigenvalue weighted by Gasteiger charge is 2.42. The average Bonchev–Trinajstić information content (AvgIpc) is 2.53. The van der Waals surface area contributed by atoms with Crippen LogP contribution in [0, 0.1) is 11.6 Å². The zero-order chi connectivity index (χ0) is 13.7. The van der Waals surface area contributed by atoms with Gasteiger partial charge in [0.2, 0.25) is 0 Å². The number of allylic oxidation sites excluding steroid dienone is 1. The molecule has 0 saturated carbocycles. The summed E-state index contributed by atoms with van der Waals surface area (Å²) in [6, 6.07) is 1.13. The van der Waals surface area contributed by atoms with Crippen LogP contribution < -0.4 is 5.11 Å². The molecule has 0 bridgehead atoms. The van der Waals surface area contributed by atoms with Gasteiger partial charge in [0.1, 0.15) is 11.6 Å². The standard InChI is InChI=1S/C11H5F5O2/c12-5-1-4-2-6(10(18)11(14,15)16)9(17)8(4)7(13)3-5/h1,3,17H,2H2/p-1. The van der Waals surface area contributed by atoms with Gasteiger partial charge < -0.3 is 5.11 Å². The van der Waals surface area contributed by atoms with E-state index in [9.17, 15) is 31.9 Å². The van der Waals surface area contributed by atoms with Gasteiger partial charge in [0.25, 0.3) is 5.78 Å². The van der Waals surface area contributed by atoms with E-state index in [1.54, 1.807) is 0 Å². The number of hydrogen-bond acceptors (Lipinski definition) is 2. The van der Waals surface area contributed by atoms with Crippen molar-refractivity contribution in [2.45, 2.75) is 12.6 Å². The Morgan fingerprint density at radius 2 is 1.83 bits per heavy atom. The first kappa shape index (κ1) is 12.5. The Hall–Kier alpha value is -1.92. The van der Waals surface area contributed by atoms with Crippen molar-refractivity contribution in [1.82, 2.24) is 0 Å². The summed E-state index contributed by atoms with van der Waals surface area (Å²) in [5.74, 6) is -5.92. The molecule has 0 heterocycles. The molecular weight excluding hydrogens is 259 g/mol. The molecule has 0 fully saturated rings. The second-order valence-electron chi connectivity index (χ2n) is 3.73. The first-order valence-corrected chi connectivity index (χ1v) is 4.71. The molecule has 1 aromatic rings. The number of alkyl halides is 3. The summed E-state index contributed by atoms with van der Waals surface area (Å²) in [7, 11) is 0. The molecule has 0 amide bonds. The first-order chi connectivity index (χ1) is 8.21. The van der Waals surface area contributed by atoms with Gasteiger partial charge in [-0.05, 0) is 11.6 Å². The average molecular weight is 263 g/mol. The number of halogens is 5. The summed E-state index contributed by atoms with van der Waals surface area (Å²) in [5, 5.41) is 11.5. The lowest BCUT2D eigenvalue weighted by Gasteiger charge is -2.13. The molecule has 0 N–H and O–H groups in total. The molecule has 96 valence electrons. The van der Waals surface area contributed by atoms with Crippen LogP contribution in [0.25, 0.3) is 5.76 Å². The highest BCUT2D eigenvalue weighted by Crippen LogP contribution is 2.35. The molecule has 18 heavy (non-hydrogen) atoms. The molecule has 7 heteroatoms. The smallest absolute Gasteiger partial charge is 0.454 e. The van der Waals surface area contributed by atoms with Gasteiger partial charge >= 0.3 is 6.18 Å².